The maximum Gasteiger partial charge on any atom is 0.187 e. The van der Waals surface area contributed by atoms with Crippen LogP contribution in [0.1, 0.15) is 5.56 Å². The predicted octanol–water partition coefficient (Wildman–Crippen LogP) is 1.61. The molecule has 0 saturated heterocycles. The summed E-state index contributed by atoms with van der Waals surface area (Å²) in [6.45, 7) is 0. The van der Waals surface area contributed by atoms with Crippen molar-refractivity contribution in [2.75, 3.05) is 7.05 Å². The molecule has 0 radical (unpaired) electrons. The van der Waals surface area contributed by atoms with Gasteiger partial charge in [-0.2, -0.15) is 0 Å². The van der Waals surface area contributed by atoms with E-state index in [0.717, 1.165) is 5.56 Å². The molecule has 1 aromatic carbocycles. The van der Waals surface area contributed by atoms with Crippen LogP contribution in [0, 0.1) is 0 Å². The molecule has 1 aliphatic heterocycles. The van der Waals surface area contributed by atoms with Crippen LogP contribution in [0.25, 0.3) is 0 Å². The van der Waals surface area contributed by atoms with Gasteiger partial charge in [0.15, 0.2) is 12.1 Å². The van der Waals surface area contributed by atoms with Crippen LogP contribution in [0.3, 0.4) is 0 Å². The lowest BCUT2D eigenvalue weighted by atomic mass is 10.2. The lowest BCUT2D eigenvalue weighted by molar-refractivity contribution is 0.0406. The maximum absolute atomic E-state index is 5.99. The molecule has 1 aliphatic rings. The molecule has 1 atom stereocenters. The summed E-state index contributed by atoms with van der Waals surface area (Å²) in [5.41, 5.74) is 11.0. The summed E-state index contributed by atoms with van der Waals surface area (Å²) in [6.07, 6.45) is -0.543. The monoisotopic (exact) mass is 303 g/mol. The van der Waals surface area contributed by atoms with Gasteiger partial charge < -0.3 is 0 Å². The highest BCUT2D eigenvalue weighted by Gasteiger charge is 2.30. The number of nitrogens with one attached hydrogen (secondary N) is 1. The molecule has 0 amide bonds. The van der Waals surface area contributed by atoms with Crippen molar-refractivity contribution >= 4 is 46.7 Å². The molecule has 3 N–H and O–H groups in total. The molecule has 2 rings (SSSR count). The second kappa shape index (κ2) is 5.48. The quantitative estimate of drug-likeness (QED) is 0.831. The minimum atomic E-state index is -0.543. The van der Waals surface area contributed by atoms with Crippen molar-refractivity contribution in [2.45, 2.75) is 6.29 Å². The van der Waals surface area contributed by atoms with Crippen molar-refractivity contribution in [1.29, 1.82) is 0 Å². The van der Waals surface area contributed by atoms with Crippen LogP contribution in [0.5, 0.6) is 0 Å². The summed E-state index contributed by atoms with van der Waals surface area (Å²) in [5.74, 6) is 0.616. The van der Waals surface area contributed by atoms with Crippen molar-refractivity contribution in [3.63, 3.8) is 0 Å². The van der Waals surface area contributed by atoms with Crippen LogP contribution >= 0.6 is 35.4 Å². The van der Waals surface area contributed by atoms with Gasteiger partial charge >= 0.3 is 0 Å². The van der Waals surface area contributed by atoms with E-state index in [-0.39, 0.29) is 0 Å². The Hall–Kier alpha value is -0.760. The first-order valence-electron chi connectivity index (χ1n) is 5.08. The van der Waals surface area contributed by atoms with Gasteiger partial charge in [0, 0.05) is 12.6 Å². The number of nitrogens with zero attached hydrogens (tertiary/aromatic N) is 3. The number of thiocarbonyl (C=S) groups is 1. The smallest absolute Gasteiger partial charge is 0.187 e. The first-order chi connectivity index (χ1) is 8.58. The van der Waals surface area contributed by atoms with Gasteiger partial charge in [0.2, 0.25) is 0 Å². The van der Waals surface area contributed by atoms with Crippen molar-refractivity contribution < 1.29 is 0 Å². The normalized spacial score (nSPS) is 20.1. The van der Waals surface area contributed by atoms with E-state index < -0.39 is 6.29 Å². The molecule has 0 fully saturated rings. The van der Waals surface area contributed by atoms with E-state index in [1.54, 1.807) is 29.3 Å². The summed E-state index contributed by atoms with van der Waals surface area (Å²) in [7, 11) is 1.74. The molecule has 0 saturated carbocycles. The Morgan fingerprint density at radius 3 is 2.72 bits per heavy atom. The Morgan fingerprint density at radius 2 is 2.17 bits per heavy atom. The van der Waals surface area contributed by atoms with Crippen molar-refractivity contribution in [3.05, 3.63) is 33.8 Å². The Labute approximate surface area is 120 Å². The average molecular weight is 304 g/mol. The SMILES string of the molecule is CNN1C(N)N=C(c2ccc(Cl)c(Cl)c2)N1C=S. The first kappa shape index (κ1) is 13.7. The van der Waals surface area contributed by atoms with Gasteiger partial charge in [-0.25, -0.2) is 15.4 Å². The van der Waals surface area contributed by atoms with Gasteiger partial charge in [-0.3, -0.25) is 5.73 Å². The fourth-order valence-electron chi connectivity index (χ4n) is 1.65. The zero-order valence-corrected chi connectivity index (χ0v) is 11.8. The maximum atomic E-state index is 5.99. The largest absolute Gasteiger partial charge is 0.295 e. The van der Waals surface area contributed by atoms with Crippen molar-refractivity contribution in [1.82, 2.24) is 15.6 Å². The Morgan fingerprint density at radius 1 is 1.44 bits per heavy atom. The second-order valence-electron chi connectivity index (χ2n) is 3.51. The first-order valence-corrected chi connectivity index (χ1v) is 6.31. The molecule has 5 nitrogen and oxygen atoms in total. The van der Waals surface area contributed by atoms with Gasteiger partial charge in [0.1, 0.15) is 0 Å². The van der Waals surface area contributed by atoms with E-state index in [9.17, 15) is 0 Å². The van der Waals surface area contributed by atoms with E-state index in [2.05, 4.69) is 10.4 Å². The highest BCUT2D eigenvalue weighted by Crippen LogP contribution is 2.25. The molecule has 0 spiro atoms. The molecule has 1 aromatic rings. The number of hydrogen-bond acceptors (Lipinski definition) is 5. The summed E-state index contributed by atoms with van der Waals surface area (Å²) in [4.78, 5) is 4.32. The molecular weight excluding hydrogens is 293 g/mol. The fraction of sp³-hybridized carbons (Fsp3) is 0.200. The highest BCUT2D eigenvalue weighted by molar-refractivity contribution is 7.78. The van der Waals surface area contributed by atoms with Crippen LogP contribution < -0.4 is 11.2 Å². The molecule has 8 heteroatoms. The van der Waals surface area contributed by atoms with Crippen molar-refractivity contribution in [3.8, 4) is 0 Å². The van der Waals surface area contributed by atoms with Crippen LogP contribution in [0.4, 0.5) is 0 Å². The number of hydrazine groups is 2. The number of hydrogen-bond donors (Lipinski definition) is 2. The topological polar surface area (TPSA) is 56.9 Å². The van der Waals surface area contributed by atoms with E-state index in [1.165, 1.54) is 5.49 Å². The molecule has 1 heterocycles. The third kappa shape index (κ3) is 2.35. The third-order valence-electron chi connectivity index (χ3n) is 2.46. The Kier molecular flexibility index (Phi) is 4.16. The number of nitrogens with two attached hydrogens (primary N) is 1. The molecule has 0 aromatic heterocycles. The molecule has 0 bridgehead atoms. The standard InChI is InChI=1S/C10H11Cl2N5S/c1-14-17-10(13)15-9(16(17)5-18)6-2-3-7(11)8(12)4-6/h2-5,10,14H,13H2,1H3. The van der Waals surface area contributed by atoms with Crippen LogP contribution in [0.15, 0.2) is 23.2 Å². The number of benzene rings is 1. The van der Waals surface area contributed by atoms with Gasteiger partial charge in [-0.15, -0.1) is 5.12 Å². The second-order valence-corrected chi connectivity index (χ2v) is 4.54. The van der Waals surface area contributed by atoms with Crippen LogP contribution in [-0.4, -0.2) is 34.8 Å². The Bertz CT molecular complexity index is 507. The third-order valence-corrected chi connectivity index (χ3v) is 3.40. The van der Waals surface area contributed by atoms with Gasteiger partial charge in [-0.1, -0.05) is 35.4 Å². The van der Waals surface area contributed by atoms with Gasteiger partial charge in [0.05, 0.1) is 15.5 Å². The predicted molar refractivity (Wildman–Crippen MR) is 77.4 cm³/mol. The minimum Gasteiger partial charge on any atom is -0.295 e. The van der Waals surface area contributed by atoms with Gasteiger partial charge in [-0.05, 0) is 18.2 Å². The minimum absolute atomic E-state index is 0.456. The summed E-state index contributed by atoms with van der Waals surface area (Å²) >= 11 is 16.8. The molecule has 18 heavy (non-hydrogen) atoms. The zero-order chi connectivity index (χ0) is 13.3. The zero-order valence-electron chi connectivity index (χ0n) is 9.47. The number of rotatable bonds is 3. The molecule has 1 unspecified atom stereocenters. The number of aliphatic imine (C=N–C) groups is 1. The van der Waals surface area contributed by atoms with Crippen LogP contribution in [-0.2, 0) is 0 Å². The van der Waals surface area contributed by atoms with E-state index in [4.69, 9.17) is 41.2 Å². The van der Waals surface area contributed by atoms with E-state index >= 15 is 0 Å². The van der Waals surface area contributed by atoms with Crippen LogP contribution in [0.2, 0.25) is 10.0 Å². The van der Waals surface area contributed by atoms with E-state index in [0.29, 0.717) is 15.9 Å². The number of halogens is 2. The lowest BCUT2D eigenvalue weighted by Crippen LogP contribution is -2.53. The fourth-order valence-corrected chi connectivity index (χ4v) is 2.15. The highest BCUT2D eigenvalue weighted by atomic mass is 35.5. The molecule has 96 valence electrons. The molecular formula is C10H11Cl2N5S. The number of amidine groups is 1. The van der Waals surface area contributed by atoms with E-state index in [1.807, 2.05) is 6.07 Å². The summed E-state index contributed by atoms with van der Waals surface area (Å²) in [5, 5.41) is 4.19. The van der Waals surface area contributed by atoms with Gasteiger partial charge in [0.25, 0.3) is 0 Å². The average Bonchev–Trinajstić information content (AvgIpc) is 2.68. The summed E-state index contributed by atoms with van der Waals surface area (Å²) in [6, 6.07) is 5.24. The summed E-state index contributed by atoms with van der Waals surface area (Å²) < 4.78 is 0. The molecule has 0 aliphatic carbocycles. The van der Waals surface area contributed by atoms with Crippen molar-refractivity contribution in [2.24, 2.45) is 10.7 Å². The lowest BCUT2D eigenvalue weighted by Gasteiger charge is -2.27. The Balaban J connectivity index is 2.40.